The summed E-state index contributed by atoms with van der Waals surface area (Å²) in [5, 5.41) is 6.15. The van der Waals surface area contributed by atoms with Gasteiger partial charge in [-0.25, -0.2) is 0 Å². The van der Waals surface area contributed by atoms with E-state index in [9.17, 15) is 0 Å². The molecule has 4 nitrogen and oxygen atoms in total. The third-order valence-corrected chi connectivity index (χ3v) is 4.98. The molecule has 1 saturated carbocycles. The standard InChI is InChI=1S/C19H25N3O/c1-13-12-22(6-7-23-13)19-5-3-14-8-17(4-2-15(14)9-19)21-18-10-16(20)11-18/h2-5,8-9,13,16,18,21H,6-7,10-12,20H2,1H3. The van der Waals surface area contributed by atoms with Crippen LogP contribution in [0.3, 0.4) is 0 Å². The monoisotopic (exact) mass is 311 g/mol. The number of hydrogen-bond acceptors (Lipinski definition) is 4. The van der Waals surface area contributed by atoms with Crippen molar-refractivity contribution in [3.8, 4) is 0 Å². The van der Waals surface area contributed by atoms with E-state index < -0.39 is 0 Å². The van der Waals surface area contributed by atoms with Gasteiger partial charge in [0.25, 0.3) is 0 Å². The molecule has 0 aromatic heterocycles. The van der Waals surface area contributed by atoms with E-state index in [-0.39, 0.29) is 0 Å². The Hall–Kier alpha value is -1.78. The summed E-state index contributed by atoms with van der Waals surface area (Å²) >= 11 is 0. The topological polar surface area (TPSA) is 50.5 Å². The van der Waals surface area contributed by atoms with Crippen molar-refractivity contribution in [1.29, 1.82) is 0 Å². The van der Waals surface area contributed by atoms with Gasteiger partial charge in [0.15, 0.2) is 0 Å². The first-order chi connectivity index (χ1) is 11.2. The number of nitrogens with one attached hydrogen (secondary N) is 1. The number of fused-ring (bicyclic) bond motifs is 1. The van der Waals surface area contributed by atoms with Gasteiger partial charge in [0, 0.05) is 36.5 Å². The van der Waals surface area contributed by atoms with Gasteiger partial charge >= 0.3 is 0 Å². The van der Waals surface area contributed by atoms with Crippen LogP contribution in [0.5, 0.6) is 0 Å². The van der Waals surface area contributed by atoms with Gasteiger partial charge in [0.05, 0.1) is 12.7 Å². The van der Waals surface area contributed by atoms with Crippen LogP contribution in [0.25, 0.3) is 10.8 Å². The number of anilines is 2. The molecule has 2 aromatic carbocycles. The highest BCUT2D eigenvalue weighted by Crippen LogP contribution is 2.28. The number of nitrogens with two attached hydrogens (primary N) is 1. The molecule has 1 heterocycles. The molecule has 0 radical (unpaired) electrons. The molecule has 1 atom stereocenters. The van der Waals surface area contributed by atoms with E-state index in [1.54, 1.807) is 0 Å². The lowest BCUT2D eigenvalue weighted by Crippen LogP contribution is -2.44. The lowest BCUT2D eigenvalue weighted by atomic mass is 9.87. The van der Waals surface area contributed by atoms with Gasteiger partial charge in [-0.1, -0.05) is 12.1 Å². The number of ether oxygens (including phenoxy) is 1. The summed E-state index contributed by atoms with van der Waals surface area (Å²) < 4.78 is 5.63. The summed E-state index contributed by atoms with van der Waals surface area (Å²) in [6.45, 7) is 4.88. The largest absolute Gasteiger partial charge is 0.382 e. The molecule has 4 heteroatoms. The van der Waals surface area contributed by atoms with Crippen LogP contribution < -0.4 is 16.0 Å². The first-order valence-corrected chi connectivity index (χ1v) is 8.60. The van der Waals surface area contributed by atoms with E-state index >= 15 is 0 Å². The van der Waals surface area contributed by atoms with E-state index in [1.165, 1.54) is 22.1 Å². The molecule has 1 unspecified atom stereocenters. The van der Waals surface area contributed by atoms with Crippen LogP contribution in [0, 0.1) is 0 Å². The minimum atomic E-state index is 0.305. The number of nitrogens with zero attached hydrogens (tertiary/aromatic N) is 1. The minimum absolute atomic E-state index is 0.305. The molecule has 1 aliphatic carbocycles. The van der Waals surface area contributed by atoms with Crippen LogP contribution in [-0.2, 0) is 4.74 Å². The fraction of sp³-hybridized carbons (Fsp3) is 0.474. The van der Waals surface area contributed by atoms with E-state index in [1.807, 2.05) is 0 Å². The zero-order valence-electron chi connectivity index (χ0n) is 13.7. The Morgan fingerprint density at radius 1 is 1.13 bits per heavy atom. The molecule has 3 N–H and O–H groups in total. The highest BCUT2D eigenvalue weighted by molar-refractivity contribution is 5.88. The van der Waals surface area contributed by atoms with E-state index in [0.29, 0.717) is 18.2 Å². The van der Waals surface area contributed by atoms with Crippen molar-refractivity contribution in [3.05, 3.63) is 36.4 Å². The van der Waals surface area contributed by atoms with Crippen molar-refractivity contribution < 1.29 is 4.74 Å². The van der Waals surface area contributed by atoms with Crippen LogP contribution in [-0.4, -0.2) is 37.9 Å². The van der Waals surface area contributed by atoms with Gasteiger partial charge in [-0.3, -0.25) is 0 Å². The van der Waals surface area contributed by atoms with Crippen molar-refractivity contribution in [2.75, 3.05) is 29.9 Å². The maximum atomic E-state index is 5.86. The number of benzene rings is 2. The van der Waals surface area contributed by atoms with Crippen LogP contribution >= 0.6 is 0 Å². The first kappa shape index (κ1) is 14.8. The van der Waals surface area contributed by atoms with Crippen molar-refractivity contribution in [2.24, 2.45) is 5.73 Å². The summed E-state index contributed by atoms with van der Waals surface area (Å²) in [7, 11) is 0. The second-order valence-corrected chi connectivity index (χ2v) is 6.95. The molecule has 2 fully saturated rings. The Morgan fingerprint density at radius 2 is 1.91 bits per heavy atom. The van der Waals surface area contributed by atoms with Crippen LogP contribution in [0.4, 0.5) is 11.4 Å². The molecular weight excluding hydrogens is 286 g/mol. The first-order valence-electron chi connectivity index (χ1n) is 8.60. The molecule has 2 aliphatic rings. The van der Waals surface area contributed by atoms with Crippen molar-refractivity contribution >= 4 is 22.1 Å². The minimum Gasteiger partial charge on any atom is -0.382 e. The maximum absolute atomic E-state index is 5.86. The van der Waals surface area contributed by atoms with Gasteiger partial charge in [-0.05, 0) is 54.8 Å². The van der Waals surface area contributed by atoms with Gasteiger partial charge in [-0.2, -0.15) is 0 Å². The average molecular weight is 311 g/mol. The Labute approximate surface area is 137 Å². The predicted molar refractivity (Wildman–Crippen MR) is 96.2 cm³/mol. The summed E-state index contributed by atoms with van der Waals surface area (Å²) in [5.41, 5.74) is 8.34. The molecule has 0 amide bonds. The summed E-state index contributed by atoms with van der Waals surface area (Å²) in [6, 6.07) is 14.3. The van der Waals surface area contributed by atoms with E-state index in [4.69, 9.17) is 10.5 Å². The molecular formula is C19H25N3O. The molecule has 122 valence electrons. The van der Waals surface area contributed by atoms with Gasteiger partial charge in [-0.15, -0.1) is 0 Å². The molecule has 1 saturated heterocycles. The maximum Gasteiger partial charge on any atom is 0.0722 e. The zero-order chi connectivity index (χ0) is 15.8. The second kappa shape index (κ2) is 6.02. The Balaban J connectivity index is 1.53. The van der Waals surface area contributed by atoms with Gasteiger partial charge in [0.2, 0.25) is 0 Å². The fourth-order valence-corrected chi connectivity index (χ4v) is 3.59. The molecule has 1 aliphatic heterocycles. The highest BCUT2D eigenvalue weighted by Gasteiger charge is 2.25. The summed E-state index contributed by atoms with van der Waals surface area (Å²) in [4.78, 5) is 2.41. The summed E-state index contributed by atoms with van der Waals surface area (Å²) in [6.07, 6.45) is 2.46. The zero-order valence-corrected chi connectivity index (χ0v) is 13.7. The predicted octanol–water partition coefficient (Wildman–Crippen LogP) is 2.97. The molecule has 0 spiro atoms. The van der Waals surface area contributed by atoms with Crippen molar-refractivity contribution in [1.82, 2.24) is 0 Å². The molecule has 2 aromatic rings. The smallest absolute Gasteiger partial charge is 0.0722 e. The number of hydrogen-bond donors (Lipinski definition) is 2. The Morgan fingerprint density at radius 3 is 2.70 bits per heavy atom. The fourth-order valence-electron chi connectivity index (χ4n) is 3.59. The molecule has 0 bridgehead atoms. The lowest BCUT2D eigenvalue weighted by Gasteiger charge is -2.34. The normalized spacial score (nSPS) is 27.7. The van der Waals surface area contributed by atoms with Crippen LogP contribution in [0.1, 0.15) is 19.8 Å². The number of rotatable bonds is 3. The van der Waals surface area contributed by atoms with Crippen LogP contribution in [0.2, 0.25) is 0 Å². The summed E-state index contributed by atoms with van der Waals surface area (Å²) in [5.74, 6) is 0. The SMILES string of the molecule is CC1CN(c2ccc3cc(NC4CC(N)C4)ccc3c2)CCO1. The van der Waals surface area contributed by atoms with Crippen molar-refractivity contribution in [2.45, 2.75) is 38.0 Å². The molecule has 23 heavy (non-hydrogen) atoms. The Bertz CT molecular complexity index is 696. The quantitative estimate of drug-likeness (QED) is 0.915. The van der Waals surface area contributed by atoms with Gasteiger partial charge < -0.3 is 20.7 Å². The second-order valence-electron chi connectivity index (χ2n) is 6.95. The molecule has 4 rings (SSSR count). The average Bonchev–Trinajstić information content (AvgIpc) is 2.53. The van der Waals surface area contributed by atoms with E-state index in [0.717, 1.165) is 32.5 Å². The number of morpholine rings is 1. The van der Waals surface area contributed by atoms with Crippen molar-refractivity contribution in [3.63, 3.8) is 0 Å². The third kappa shape index (κ3) is 3.14. The highest BCUT2D eigenvalue weighted by atomic mass is 16.5. The van der Waals surface area contributed by atoms with E-state index in [2.05, 4.69) is 53.5 Å². The third-order valence-electron chi connectivity index (χ3n) is 4.98. The Kier molecular flexibility index (Phi) is 3.87. The van der Waals surface area contributed by atoms with Gasteiger partial charge in [0.1, 0.15) is 0 Å². The van der Waals surface area contributed by atoms with Crippen LogP contribution in [0.15, 0.2) is 36.4 Å². The lowest BCUT2D eigenvalue weighted by molar-refractivity contribution is 0.0532.